The molecule has 156 valence electrons. The Morgan fingerprint density at radius 3 is 0.852 bits per heavy atom. The normalized spacial score (nSPS) is 11.9. The minimum atomic E-state index is 0.904. The van der Waals surface area contributed by atoms with Crippen molar-refractivity contribution in [2.24, 2.45) is 0 Å². The van der Waals surface area contributed by atoms with E-state index in [0.717, 1.165) is 95.6 Å². The van der Waals surface area contributed by atoms with Crippen LogP contribution in [0.15, 0.2) is 0 Å². The highest BCUT2D eigenvalue weighted by molar-refractivity contribution is 5.00. The molecule has 0 N–H and O–H groups in total. The maximum Gasteiger partial charge on any atom is 0.133 e. The van der Waals surface area contributed by atoms with Gasteiger partial charge in [0.1, 0.15) is 17.5 Å². The van der Waals surface area contributed by atoms with Crippen molar-refractivity contribution in [3.63, 3.8) is 0 Å². The van der Waals surface area contributed by atoms with Crippen LogP contribution < -0.4 is 0 Å². The molecular formula is C21H42N6. The molecule has 1 aromatic rings. The molecule has 0 bridgehead atoms. The average molecular weight is 379 g/mol. The van der Waals surface area contributed by atoms with Crippen molar-refractivity contribution < 1.29 is 0 Å². The maximum absolute atomic E-state index is 4.79. The highest BCUT2D eigenvalue weighted by Gasteiger charge is 2.11. The first-order valence-electron chi connectivity index (χ1n) is 11.0. The maximum atomic E-state index is 4.79. The Balaban J connectivity index is 2.85. The molecule has 27 heavy (non-hydrogen) atoms. The summed E-state index contributed by atoms with van der Waals surface area (Å²) in [7, 11) is 0. The SMILES string of the molecule is CCN(CC)CCc1nc(CCN(CC)CC)nc(CCN(CC)CC)n1. The van der Waals surface area contributed by atoms with E-state index in [1.807, 2.05) is 0 Å². The molecule has 0 aliphatic rings. The predicted molar refractivity (Wildman–Crippen MR) is 114 cm³/mol. The minimum absolute atomic E-state index is 0.904. The van der Waals surface area contributed by atoms with Crippen LogP contribution in [0.4, 0.5) is 0 Å². The molecule has 1 heterocycles. The summed E-state index contributed by atoms with van der Waals surface area (Å²) in [5.41, 5.74) is 0. The zero-order chi connectivity index (χ0) is 20.1. The van der Waals surface area contributed by atoms with E-state index in [-0.39, 0.29) is 0 Å². The number of aromatic nitrogens is 3. The van der Waals surface area contributed by atoms with Crippen LogP contribution in [0, 0.1) is 0 Å². The van der Waals surface area contributed by atoms with Gasteiger partial charge in [0.05, 0.1) is 0 Å². The van der Waals surface area contributed by atoms with Gasteiger partial charge in [-0.1, -0.05) is 41.5 Å². The van der Waals surface area contributed by atoms with Gasteiger partial charge in [-0.2, -0.15) is 0 Å². The molecule has 0 radical (unpaired) electrons. The van der Waals surface area contributed by atoms with E-state index in [9.17, 15) is 0 Å². The first-order valence-corrected chi connectivity index (χ1v) is 11.0. The molecule has 0 aromatic carbocycles. The zero-order valence-electron chi connectivity index (χ0n) is 18.7. The number of rotatable bonds is 15. The lowest BCUT2D eigenvalue weighted by Crippen LogP contribution is -2.28. The second kappa shape index (κ2) is 14.0. The molecule has 0 amide bonds. The van der Waals surface area contributed by atoms with Crippen LogP contribution in [-0.2, 0) is 19.3 Å². The van der Waals surface area contributed by atoms with Gasteiger partial charge >= 0.3 is 0 Å². The summed E-state index contributed by atoms with van der Waals surface area (Å²) in [6, 6.07) is 0. The summed E-state index contributed by atoms with van der Waals surface area (Å²) in [5.74, 6) is 2.88. The smallest absolute Gasteiger partial charge is 0.133 e. The summed E-state index contributed by atoms with van der Waals surface area (Å²) >= 11 is 0. The Kier molecular flexibility index (Phi) is 12.4. The summed E-state index contributed by atoms with van der Waals surface area (Å²) in [6.07, 6.45) is 2.71. The Morgan fingerprint density at radius 2 is 0.667 bits per heavy atom. The molecule has 0 spiro atoms. The van der Waals surface area contributed by atoms with E-state index in [4.69, 9.17) is 15.0 Å². The van der Waals surface area contributed by atoms with Crippen molar-refractivity contribution in [1.82, 2.24) is 29.7 Å². The first kappa shape index (κ1) is 23.9. The van der Waals surface area contributed by atoms with Crippen molar-refractivity contribution in [1.29, 1.82) is 0 Å². The molecule has 0 saturated heterocycles. The lowest BCUT2D eigenvalue weighted by molar-refractivity contribution is 0.299. The fraction of sp³-hybridized carbons (Fsp3) is 0.857. The summed E-state index contributed by atoms with van der Waals surface area (Å²) in [5, 5.41) is 0. The fourth-order valence-corrected chi connectivity index (χ4v) is 3.25. The number of hydrogen-bond donors (Lipinski definition) is 0. The van der Waals surface area contributed by atoms with Gasteiger partial charge in [0.25, 0.3) is 0 Å². The lowest BCUT2D eigenvalue weighted by atomic mass is 10.3. The van der Waals surface area contributed by atoms with E-state index in [2.05, 4.69) is 56.2 Å². The monoisotopic (exact) mass is 378 g/mol. The summed E-state index contributed by atoms with van der Waals surface area (Å²) < 4.78 is 0. The van der Waals surface area contributed by atoms with Crippen LogP contribution in [-0.4, -0.2) is 88.6 Å². The molecule has 0 saturated carbocycles. The fourth-order valence-electron chi connectivity index (χ4n) is 3.25. The Bertz CT molecular complexity index is 412. The average Bonchev–Trinajstić information content (AvgIpc) is 2.70. The van der Waals surface area contributed by atoms with E-state index in [0.29, 0.717) is 0 Å². The zero-order valence-corrected chi connectivity index (χ0v) is 18.7. The van der Waals surface area contributed by atoms with Gasteiger partial charge in [0, 0.05) is 38.9 Å². The largest absolute Gasteiger partial charge is 0.303 e. The van der Waals surface area contributed by atoms with Gasteiger partial charge in [0.2, 0.25) is 0 Å². The second-order valence-corrected chi connectivity index (χ2v) is 6.91. The van der Waals surface area contributed by atoms with Crippen molar-refractivity contribution >= 4 is 0 Å². The Morgan fingerprint density at radius 1 is 0.444 bits per heavy atom. The molecule has 0 aliphatic carbocycles. The molecular weight excluding hydrogens is 336 g/mol. The van der Waals surface area contributed by atoms with Gasteiger partial charge in [0.15, 0.2) is 0 Å². The summed E-state index contributed by atoms with van der Waals surface area (Å²) in [4.78, 5) is 21.7. The van der Waals surface area contributed by atoms with Gasteiger partial charge in [-0.25, -0.2) is 15.0 Å². The van der Waals surface area contributed by atoms with Crippen LogP contribution in [0.1, 0.15) is 59.0 Å². The van der Waals surface area contributed by atoms with Gasteiger partial charge in [-0.3, -0.25) is 0 Å². The second-order valence-electron chi connectivity index (χ2n) is 6.91. The van der Waals surface area contributed by atoms with Crippen molar-refractivity contribution in [3.8, 4) is 0 Å². The Labute approximate surface area is 167 Å². The molecule has 6 nitrogen and oxygen atoms in total. The predicted octanol–water partition coefficient (Wildman–Crippen LogP) is 2.52. The van der Waals surface area contributed by atoms with E-state index in [1.165, 1.54) is 0 Å². The summed E-state index contributed by atoms with van der Waals surface area (Å²) in [6.45, 7) is 22.8. The standard InChI is InChI=1S/C21H42N6/c1-7-25(8-2)16-13-19-22-20(14-17-26(9-3)10-4)24-21(23-19)15-18-27(11-5)12-6/h7-18H2,1-6H3. The van der Waals surface area contributed by atoms with Crippen LogP contribution in [0.25, 0.3) is 0 Å². The third kappa shape index (κ3) is 9.08. The molecule has 0 unspecified atom stereocenters. The highest BCUT2D eigenvalue weighted by Crippen LogP contribution is 2.04. The third-order valence-electron chi connectivity index (χ3n) is 5.41. The van der Waals surface area contributed by atoms with E-state index >= 15 is 0 Å². The minimum Gasteiger partial charge on any atom is -0.303 e. The third-order valence-corrected chi connectivity index (χ3v) is 5.41. The molecule has 0 aliphatic heterocycles. The number of hydrogen-bond acceptors (Lipinski definition) is 6. The highest BCUT2D eigenvalue weighted by atomic mass is 15.1. The van der Waals surface area contributed by atoms with Crippen LogP contribution in [0.5, 0.6) is 0 Å². The van der Waals surface area contributed by atoms with Crippen LogP contribution >= 0.6 is 0 Å². The quantitative estimate of drug-likeness (QED) is 0.467. The van der Waals surface area contributed by atoms with E-state index in [1.54, 1.807) is 0 Å². The van der Waals surface area contributed by atoms with Crippen molar-refractivity contribution in [2.75, 3.05) is 58.9 Å². The molecule has 6 heteroatoms. The molecule has 0 fully saturated rings. The molecule has 0 atom stereocenters. The van der Waals surface area contributed by atoms with Crippen LogP contribution in [0.2, 0.25) is 0 Å². The first-order chi connectivity index (χ1) is 13.1. The number of likely N-dealkylation sites (N-methyl/N-ethyl adjacent to an activating group) is 3. The van der Waals surface area contributed by atoms with Crippen molar-refractivity contribution in [2.45, 2.75) is 60.8 Å². The molecule has 1 aromatic heterocycles. The van der Waals surface area contributed by atoms with E-state index < -0.39 is 0 Å². The van der Waals surface area contributed by atoms with Crippen LogP contribution in [0.3, 0.4) is 0 Å². The van der Waals surface area contributed by atoms with Gasteiger partial charge in [-0.15, -0.1) is 0 Å². The van der Waals surface area contributed by atoms with Gasteiger partial charge < -0.3 is 14.7 Å². The number of nitrogens with zero attached hydrogens (tertiary/aromatic N) is 6. The topological polar surface area (TPSA) is 48.4 Å². The van der Waals surface area contributed by atoms with Gasteiger partial charge in [-0.05, 0) is 39.3 Å². The lowest BCUT2D eigenvalue weighted by Gasteiger charge is -2.19. The van der Waals surface area contributed by atoms with Crippen molar-refractivity contribution in [3.05, 3.63) is 17.5 Å². The Hall–Kier alpha value is -1.11. The molecule has 1 rings (SSSR count).